The molecular weight excluding hydrogens is 237 g/mol. The number of nitrogens with two attached hydrogens (primary N) is 1. The molecule has 1 aliphatic carbocycles. The van der Waals surface area contributed by atoms with Crippen molar-refractivity contribution in [1.82, 2.24) is 0 Å². The van der Waals surface area contributed by atoms with Gasteiger partial charge in [-0.05, 0) is 30.0 Å². The molecule has 1 aromatic heterocycles. The highest BCUT2D eigenvalue weighted by Gasteiger charge is 2.56. The zero-order valence-electron chi connectivity index (χ0n) is 9.57. The first kappa shape index (κ1) is 11.1. The lowest BCUT2D eigenvalue weighted by Gasteiger charge is -2.11. The van der Waals surface area contributed by atoms with Gasteiger partial charge in [-0.2, -0.15) is 0 Å². The first-order chi connectivity index (χ1) is 8.19. The first-order valence-electron chi connectivity index (χ1n) is 5.62. The fraction of sp³-hybridized carbons (Fsp3) is 0.385. The summed E-state index contributed by atoms with van der Waals surface area (Å²) in [7, 11) is 1.72. The number of ether oxygens (including phenoxy) is 1. The highest BCUT2D eigenvalue weighted by Crippen LogP contribution is 2.52. The summed E-state index contributed by atoms with van der Waals surface area (Å²) >= 11 is 1.62. The molecule has 1 saturated carbocycles. The van der Waals surface area contributed by atoms with Crippen LogP contribution in [0.5, 0.6) is 0 Å². The maximum atomic E-state index is 13.1. The SMILES string of the molecule is COC1CC1(CN)c1cc2ccc(F)cc2s1. The number of halogens is 1. The van der Waals surface area contributed by atoms with Crippen molar-refractivity contribution in [3.63, 3.8) is 0 Å². The van der Waals surface area contributed by atoms with Gasteiger partial charge in [-0.25, -0.2) is 4.39 Å². The van der Waals surface area contributed by atoms with Crippen molar-refractivity contribution in [1.29, 1.82) is 0 Å². The number of methoxy groups -OCH3 is 1. The Morgan fingerprint density at radius 3 is 3.00 bits per heavy atom. The lowest BCUT2D eigenvalue weighted by atomic mass is 10.0. The van der Waals surface area contributed by atoms with Crippen LogP contribution in [0.15, 0.2) is 24.3 Å². The minimum absolute atomic E-state index is 0.0328. The average Bonchev–Trinajstić information content (AvgIpc) is 2.93. The van der Waals surface area contributed by atoms with E-state index in [1.807, 2.05) is 6.07 Å². The van der Waals surface area contributed by atoms with Crippen LogP contribution in [0.4, 0.5) is 4.39 Å². The van der Waals surface area contributed by atoms with Gasteiger partial charge in [0, 0.05) is 28.6 Å². The van der Waals surface area contributed by atoms with Crippen LogP contribution in [0.3, 0.4) is 0 Å². The summed E-state index contributed by atoms with van der Waals surface area (Å²) in [6.07, 6.45) is 1.18. The van der Waals surface area contributed by atoms with Crippen molar-refractivity contribution in [3.05, 3.63) is 35.0 Å². The Balaban J connectivity index is 2.07. The standard InChI is InChI=1S/C13H14FNOS/c1-16-11-6-13(11,7-15)12-4-8-2-3-9(14)5-10(8)17-12/h2-5,11H,6-7,15H2,1H3. The summed E-state index contributed by atoms with van der Waals surface area (Å²) < 4.78 is 19.5. The lowest BCUT2D eigenvalue weighted by Crippen LogP contribution is -2.23. The van der Waals surface area contributed by atoms with Crippen molar-refractivity contribution < 1.29 is 9.13 Å². The van der Waals surface area contributed by atoms with Crippen LogP contribution in [-0.2, 0) is 10.2 Å². The molecule has 3 rings (SSSR count). The van der Waals surface area contributed by atoms with E-state index < -0.39 is 0 Å². The minimum atomic E-state index is -0.188. The van der Waals surface area contributed by atoms with Crippen LogP contribution in [0.1, 0.15) is 11.3 Å². The summed E-state index contributed by atoms with van der Waals surface area (Å²) in [5, 5.41) is 1.08. The molecule has 2 aromatic rings. The van der Waals surface area contributed by atoms with Gasteiger partial charge in [-0.3, -0.25) is 0 Å². The monoisotopic (exact) mass is 251 g/mol. The Kier molecular flexibility index (Phi) is 2.47. The first-order valence-corrected chi connectivity index (χ1v) is 6.44. The Hall–Kier alpha value is -0.970. The molecule has 2 nitrogen and oxygen atoms in total. The van der Waals surface area contributed by atoms with E-state index >= 15 is 0 Å². The van der Waals surface area contributed by atoms with Crippen LogP contribution >= 0.6 is 11.3 Å². The molecule has 2 unspecified atom stereocenters. The molecule has 4 heteroatoms. The second kappa shape index (κ2) is 3.77. The third-order valence-electron chi connectivity index (χ3n) is 3.63. The van der Waals surface area contributed by atoms with Crippen molar-refractivity contribution >= 4 is 21.4 Å². The van der Waals surface area contributed by atoms with Crippen LogP contribution in [0.2, 0.25) is 0 Å². The van der Waals surface area contributed by atoms with Crippen molar-refractivity contribution in [2.45, 2.75) is 17.9 Å². The maximum Gasteiger partial charge on any atom is 0.124 e. The zero-order valence-corrected chi connectivity index (χ0v) is 10.4. The molecule has 0 bridgehead atoms. The average molecular weight is 251 g/mol. The van der Waals surface area contributed by atoms with Crippen LogP contribution in [-0.4, -0.2) is 19.8 Å². The van der Waals surface area contributed by atoms with E-state index in [4.69, 9.17) is 10.5 Å². The number of benzene rings is 1. The predicted octanol–water partition coefficient (Wildman–Crippen LogP) is 2.66. The lowest BCUT2D eigenvalue weighted by molar-refractivity contribution is 0.163. The second-order valence-corrected chi connectivity index (χ2v) is 5.67. The number of hydrogen-bond donors (Lipinski definition) is 1. The number of rotatable bonds is 3. The van der Waals surface area contributed by atoms with E-state index in [0.717, 1.165) is 16.5 Å². The van der Waals surface area contributed by atoms with E-state index in [1.165, 1.54) is 10.9 Å². The quantitative estimate of drug-likeness (QED) is 0.910. The van der Waals surface area contributed by atoms with Crippen LogP contribution in [0, 0.1) is 5.82 Å². The van der Waals surface area contributed by atoms with Gasteiger partial charge >= 0.3 is 0 Å². The largest absolute Gasteiger partial charge is 0.380 e. The normalized spacial score (nSPS) is 27.6. The molecule has 0 saturated heterocycles. The highest BCUT2D eigenvalue weighted by atomic mass is 32.1. The molecule has 2 atom stereocenters. The van der Waals surface area contributed by atoms with Gasteiger partial charge in [-0.15, -0.1) is 11.3 Å². The Labute approximate surface area is 103 Å². The Bertz CT molecular complexity index is 568. The summed E-state index contributed by atoms with van der Waals surface area (Å²) in [5.74, 6) is -0.188. The Morgan fingerprint density at radius 2 is 2.35 bits per heavy atom. The van der Waals surface area contributed by atoms with Crippen molar-refractivity contribution in [2.24, 2.45) is 5.73 Å². The highest BCUT2D eigenvalue weighted by molar-refractivity contribution is 7.19. The molecule has 2 N–H and O–H groups in total. The summed E-state index contributed by atoms with van der Waals surface area (Å²) in [5.41, 5.74) is 5.84. The third kappa shape index (κ3) is 1.59. The van der Waals surface area contributed by atoms with E-state index in [0.29, 0.717) is 6.54 Å². The van der Waals surface area contributed by atoms with Crippen molar-refractivity contribution in [2.75, 3.05) is 13.7 Å². The summed E-state index contributed by atoms with van der Waals surface area (Å²) in [6, 6.07) is 7.01. The smallest absolute Gasteiger partial charge is 0.124 e. The van der Waals surface area contributed by atoms with Gasteiger partial charge in [0.15, 0.2) is 0 Å². The molecule has 0 spiro atoms. The van der Waals surface area contributed by atoms with E-state index in [9.17, 15) is 4.39 Å². The Morgan fingerprint density at radius 1 is 1.53 bits per heavy atom. The topological polar surface area (TPSA) is 35.2 Å². The maximum absolute atomic E-state index is 13.1. The van der Waals surface area contributed by atoms with Crippen LogP contribution in [0.25, 0.3) is 10.1 Å². The zero-order chi connectivity index (χ0) is 12.0. The van der Waals surface area contributed by atoms with Crippen LogP contribution < -0.4 is 5.73 Å². The van der Waals surface area contributed by atoms with Gasteiger partial charge in [0.25, 0.3) is 0 Å². The minimum Gasteiger partial charge on any atom is -0.380 e. The van der Waals surface area contributed by atoms with Gasteiger partial charge in [0.2, 0.25) is 0 Å². The summed E-state index contributed by atoms with van der Waals surface area (Å²) in [6.45, 7) is 0.584. The van der Waals surface area contributed by atoms with Gasteiger partial charge in [0.05, 0.1) is 6.10 Å². The number of thiophene rings is 1. The third-order valence-corrected chi connectivity index (χ3v) is 4.95. The molecule has 0 radical (unpaired) electrons. The number of fused-ring (bicyclic) bond motifs is 1. The van der Waals surface area contributed by atoms with E-state index in [-0.39, 0.29) is 17.3 Å². The van der Waals surface area contributed by atoms with Gasteiger partial charge in [0.1, 0.15) is 5.82 Å². The van der Waals surface area contributed by atoms with E-state index in [1.54, 1.807) is 24.5 Å². The molecular formula is C13H14FNOS. The molecule has 0 aliphatic heterocycles. The van der Waals surface area contributed by atoms with Crippen molar-refractivity contribution in [3.8, 4) is 0 Å². The molecule has 0 amide bonds. The fourth-order valence-corrected chi connectivity index (χ4v) is 3.75. The van der Waals surface area contributed by atoms with Gasteiger partial charge in [-0.1, -0.05) is 6.07 Å². The molecule has 1 heterocycles. The summed E-state index contributed by atoms with van der Waals surface area (Å²) in [4.78, 5) is 1.22. The number of hydrogen-bond acceptors (Lipinski definition) is 3. The van der Waals surface area contributed by atoms with E-state index in [2.05, 4.69) is 6.07 Å². The second-order valence-electron chi connectivity index (χ2n) is 4.58. The fourth-order valence-electron chi connectivity index (χ4n) is 2.41. The molecule has 1 aromatic carbocycles. The molecule has 90 valence electrons. The molecule has 17 heavy (non-hydrogen) atoms. The molecule has 1 fully saturated rings. The predicted molar refractivity (Wildman–Crippen MR) is 67.9 cm³/mol. The molecule has 1 aliphatic rings. The van der Waals surface area contributed by atoms with Gasteiger partial charge < -0.3 is 10.5 Å².